The van der Waals surface area contributed by atoms with Gasteiger partial charge in [-0.2, -0.15) is 0 Å². The Morgan fingerprint density at radius 3 is 1.97 bits per heavy atom. The van der Waals surface area contributed by atoms with Gasteiger partial charge in [0.1, 0.15) is 11.9 Å². The van der Waals surface area contributed by atoms with Crippen LogP contribution in [0.3, 0.4) is 0 Å². The minimum absolute atomic E-state index is 0.254. The van der Waals surface area contributed by atoms with Gasteiger partial charge in [0, 0.05) is 12.0 Å². The molecule has 0 aliphatic carbocycles. The molecule has 0 radical (unpaired) electrons. The highest BCUT2D eigenvalue weighted by Crippen LogP contribution is 2.29. The molecule has 0 saturated heterocycles. The molecule has 0 aromatic heterocycles. The highest BCUT2D eigenvalue weighted by atomic mass is 19.1. The predicted octanol–water partition coefficient (Wildman–Crippen LogP) is 3.96. The summed E-state index contributed by atoms with van der Waals surface area (Å²) in [5.74, 6) is -1.54. The number of carbonyl (C=O) groups is 2. The van der Waals surface area contributed by atoms with Crippen molar-refractivity contribution in [2.75, 3.05) is 0 Å². The summed E-state index contributed by atoms with van der Waals surface area (Å²) >= 11 is 0. The van der Waals surface area contributed by atoms with Gasteiger partial charge < -0.3 is 11.1 Å². The summed E-state index contributed by atoms with van der Waals surface area (Å²) < 4.78 is 13.1. The van der Waals surface area contributed by atoms with E-state index in [1.165, 1.54) is 24.3 Å². The maximum atomic E-state index is 13.1. The van der Waals surface area contributed by atoms with Crippen LogP contribution in [0.2, 0.25) is 0 Å². The van der Waals surface area contributed by atoms with Crippen molar-refractivity contribution in [3.05, 3.63) is 95.8 Å². The standard InChI is InChI=1S/C24H19FN2O2/c25-18-11-9-15(10-12-18)24(29)27-22(23(26)28)14-21-19-7-3-1-5-16(19)13-17-6-2-4-8-20(17)21/h1-13,22H,14H2,(H2,26,28)(H,27,29)/t22-/m1/s1. The van der Waals surface area contributed by atoms with Crippen molar-refractivity contribution in [2.45, 2.75) is 12.5 Å². The number of hydrogen-bond donors (Lipinski definition) is 2. The van der Waals surface area contributed by atoms with Gasteiger partial charge in [-0.05, 0) is 57.4 Å². The topological polar surface area (TPSA) is 72.2 Å². The summed E-state index contributed by atoms with van der Waals surface area (Å²) in [4.78, 5) is 24.7. The van der Waals surface area contributed by atoms with E-state index < -0.39 is 23.7 Å². The first kappa shape index (κ1) is 18.6. The monoisotopic (exact) mass is 386 g/mol. The molecule has 144 valence electrons. The number of primary amides is 1. The fourth-order valence-electron chi connectivity index (χ4n) is 3.60. The Bertz CT molecular complexity index is 1160. The average molecular weight is 386 g/mol. The van der Waals surface area contributed by atoms with Crippen LogP contribution in [0.15, 0.2) is 78.9 Å². The Morgan fingerprint density at radius 1 is 0.862 bits per heavy atom. The van der Waals surface area contributed by atoms with Crippen LogP contribution >= 0.6 is 0 Å². The summed E-state index contributed by atoms with van der Waals surface area (Å²) in [7, 11) is 0. The average Bonchev–Trinajstić information content (AvgIpc) is 2.73. The summed E-state index contributed by atoms with van der Waals surface area (Å²) in [6.07, 6.45) is 0.254. The van der Waals surface area contributed by atoms with Crippen molar-refractivity contribution in [1.29, 1.82) is 0 Å². The summed E-state index contributed by atoms with van der Waals surface area (Å²) in [5, 5.41) is 6.81. The molecule has 4 aromatic rings. The van der Waals surface area contributed by atoms with Gasteiger partial charge in [0.2, 0.25) is 5.91 Å². The molecule has 3 N–H and O–H groups in total. The van der Waals surface area contributed by atoms with Gasteiger partial charge in [-0.3, -0.25) is 9.59 Å². The van der Waals surface area contributed by atoms with Crippen molar-refractivity contribution in [1.82, 2.24) is 5.32 Å². The van der Waals surface area contributed by atoms with Gasteiger partial charge in [0.25, 0.3) is 5.91 Å². The lowest BCUT2D eigenvalue weighted by Crippen LogP contribution is -2.45. The molecule has 0 aliphatic rings. The first-order valence-corrected chi connectivity index (χ1v) is 9.28. The van der Waals surface area contributed by atoms with Gasteiger partial charge >= 0.3 is 0 Å². The van der Waals surface area contributed by atoms with E-state index in [0.29, 0.717) is 0 Å². The first-order valence-electron chi connectivity index (χ1n) is 9.28. The zero-order valence-electron chi connectivity index (χ0n) is 15.6. The highest BCUT2D eigenvalue weighted by molar-refractivity contribution is 6.03. The minimum Gasteiger partial charge on any atom is -0.368 e. The SMILES string of the molecule is NC(=O)[C@@H](Cc1c2ccccc2cc2ccccc12)NC(=O)c1ccc(F)cc1. The normalized spacial score (nSPS) is 12.0. The Balaban J connectivity index is 1.73. The van der Waals surface area contributed by atoms with E-state index in [0.717, 1.165) is 27.1 Å². The first-order chi connectivity index (χ1) is 14.0. The number of halogens is 1. The number of hydrogen-bond acceptors (Lipinski definition) is 2. The number of carbonyl (C=O) groups excluding carboxylic acids is 2. The van der Waals surface area contributed by atoms with Crippen LogP contribution in [0.25, 0.3) is 21.5 Å². The molecular formula is C24H19FN2O2. The number of nitrogens with one attached hydrogen (secondary N) is 1. The molecular weight excluding hydrogens is 367 g/mol. The molecule has 0 heterocycles. The fourth-order valence-corrected chi connectivity index (χ4v) is 3.60. The molecule has 4 nitrogen and oxygen atoms in total. The molecule has 0 fully saturated rings. The second-order valence-corrected chi connectivity index (χ2v) is 6.94. The number of rotatable bonds is 5. The van der Waals surface area contributed by atoms with Crippen LogP contribution in [-0.4, -0.2) is 17.9 Å². The van der Waals surface area contributed by atoms with Crippen molar-refractivity contribution in [2.24, 2.45) is 5.73 Å². The van der Waals surface area contributed by atoms with E-state index in [4.69, 9.17) is 5.73 Å². The second-order valence-electron chi connectivity index (χ2n) is 6.94. The van der Waals surface area contributed by atoms with Gasteiger partial charge in [0.15, 0.2) is 0 Å². The molecule has 29 heavy (non-hydrogen) atoms. The Hall–Kier alpha value is -3.73. The molecule has 0 spiro atoms. The largest absolute Gasteiger partial charge is 0.368 e. The maximum absolute atomic E-state index is 13.1. The second kappa shape index (κ2) is 7.72. The maximum Gasteiger partial charge on any atom is 0.251 e. The lowest BCUT2D eigenvalue weighted by Gasteiger charge is -2.19. The molecule has 0 aliphatic heterocycles. The number of amides is 2. The van der Waals surface area contributed by atoms with E-state index in [2.05, 4.69) is 11.4 Å². The van der Waals surface area contributed by atoms with Gasteiger partial charge in [-0.25, -0.2) is 4.39 Å². The van der Waals surface area contributed by atoms with E-state index >= 15 is 0 Å². The third-order valence-corrected chi connectivity index (χ3v) is 5.05. The van der Waals surface area contributed by atoms with E-state index in [1.807, 2.05) is 48.5 Å². The smallest absolute Gasteiger partial charge is 0.251 e. The van der Waals surface area contributed by atoms with Gasteiger partial charge in [0.05, 0.1) is 0 Å². The van der Waals surface area contributed by atoms with Crippen LogP contribution in [0.5, 0.6) is 0 Å². The van der Waals surface area contributed by atoms with Crippen LogP contribution in [-0.2, 0) is 11.2 Å². The molecule has 1 atom stereocenters. The summed E-state index contributed by atoms with van der Waals surface area (Å²) in [6, 6.07) is 22.2. The predicted molar refractivity (Wildman–Crippen MR) is 112 cm³/mol. The third-order valence-electron chi connectivity index (χ3n) is 5.05. The van der Waals surface area contributed by atoms with Gasteiger partial charge in [-0.1, -0.05) is 48.5 Å². The molecule has 4 aromatic carbocycles. The Kier molecular flexibility index (Phi) is 4.96. The lowest BCUT2D eigenvalue weighted by molar-refractivity contribution is -0.119. The molecule has 0 saturated carbocycles. The molecule has 0 bridgehead atoms. The van der Waals surface area contributed by atoms with Crippen LogP contribution in [0, 0.1) is 5.82 Å². The molecule has 4 rings (SSSR count). The highest BCUT2D eigenvalue weighted by Gasteiger charge is 2.22. The van der Waals surface area contributed by atoms with Crippen molar-refractivity contribution < 1.29 is 14.0 Å². The van der Waals surface area contributed by atoms with E-state index in [-0.39, 0.29) is 12.0 Å². The van der Waals surface area contributed by atoms with Crippen molar-refractivity contribution in [3.63, 3.8) is 0 Å². The van der Waals surface area contributed by atoms with Crippen LogP contribution < -0.4 is 11.1 Å². The zero-order chi connectivity index (χ0) is 20.4. The minimum atomic E-state index is -0.901. The summed E-state index contributed by atoms with van der Waals surface area (Å²) in [5.41, 5.74) is 6.82. The lowest BCUT2D eigenvalue weighted by atomic mass is 9.92. The molecule has 2 amide bonds. The third kappa shape index (κ3) is 3.80. The Labute approximate surface area is 167 Å². The van der Waals surface area contributed by atoms with Crippen LogP contribution in [0.4, 0.5) is 4.39 Å². The number of fused-ring (bicyclic) bond motifs is 2. The zero-order valence-corrected chi connectivity index (χ0v) is 15.6. The Morgan fingerprint density at radius 2 is 1.41 bits per heavy atom. The van der Waals surface area contributed by atoms with Crippen LogP contribution in [0.1, 0.15) is 15.9 Å². The van der Waals surface area contributed by atoms with Crippen molar-refractivity contribution in [3.8, 4) is 0 Å². The quantitative estimate of drug-likeness (QED) is 0.510. The van der Waals surface area contributed by atoms with E-state index in [1.54, 1.807) is 0 Å². The summed E-state index contributed by atoms with van der Waals surface area (Å²) in [6.45, 7) is 0. The van der Waals surface area contributed by atoms with Crippen molar-refractivity contribution >= 4 is 33.4 Å². The number of nitrogens with two attached hydrogens (primary N) is 1. The molecule has 0 unspecified atom stereocenters. The molecule has 5 heteroatoms. The van der Waals surface area contributed by atoms with Gasteiger partial charge in [-0.15, -0.1) is 0 Å². The van der Waals surface area contributed by atoms with E-state index in [9.17, 15) is 14.0 Å². The fraction of sp³-hybridized carbons (Fsp3) is 0.0833. The number of benzene rings is 4.